The molecule has 1 rings (SSSR count). The molecule has 7 nitrogen and oxygen atoms in total. The number of nitrogens with two attached hydrogens (primary N) is 1. The highest BCUT2D eigenvalue weighted by molar-refractivity contribution is 5.91. The average Bonchev–Trinajstić information content (AvgIpc) is 2.69. The van der Waals surface area contributed by atoms with Gasteiger partial charge in [-0.3, -0.25) is 10.2 Å². The summed E-state index contributed by atoms with van der Waals surface area (Å²) in [5.41, 5.74) is 2.08. The molecule has 1 aromatic heterocycles. The lowest BCUT2D eigenvalue weighted by molar-refractivity contribution is -0.192. The van der Waals surface area contributed by atoms with Crippen LogP contribution in [-0.2, 0) is 4.79 Å². The Morgan fingerprint density at radius 3 is 2.25 bits per heavy atom. The number of nitrogen functional groups attached to an aromatic ring is 1. The second-order valence-corrected chi connectivity index (χ2v) is 2.16. The smallest absolute Gasteiger partial charge is 0.475 e. The van der Waals surface area contributed by atoms with Crippen LogP contribution in [0.15, 0.2) is 16.9 Å². The van der Waals surface area contributed by atoms with Crippen molar-refractivity contribution < 1.29 is 32.4 Å². The first-order valence-corrected chi connectivity index (χ1v) is 3.50. The van der Waals surface area contributed by atoms with E-state index in [1.807, 2.05) is 5.43 Å². The molecule has 1 amide bonds. The Bertz CT molecular complexity index is 348. The number of hydrogen-bond acceptors (Lipinski definition) is 5. The minimum atomic E-state index is -5.08. The van der Waals surface area contributed by atoms with Gasteiger partial charge in [-0.15, -0.1) is 0 Å². The molecule has 90 valence electrons. The second-order valence-electron chi connectivity index (χ2n) is 2.16. The number of halogens is 3. The number of carboxylic acid groups (broad SMARTS) is 1. The van der Waals surface area contributed by atoms with Gasteiger partial charge in [-0.1, -0.05) is 5.16 Å². The molecule has 0 saturated carbocycles. The number of rotatable bonds is 1. The Hall–Kier alpha value is -2.10. The van der Waals surface area contributed by atoms with Gasteiger partial charge in [-0.05, 0) is 0 Å². The number of carboxylic acids is 1. The molecule has 0 aliphatic heterocycles. The fourth-order valence-corrected chi connectivity index (χ4v) is 0.404. The maximum Gasteiger partial charge on any atom is 0.490 e. The monoisotopic (exact) mass is 241 g/mol. The normalized spacial score (nSPS) is 10.0. The molecular formula is C6H6F3N3O4. The van der Waals surface area contributed by atoms with Gasteiger partial charge in [0.25, 0.3) is 5.91 Å². The third-order valence-electron chi connectivity index (χ3n) is 1.04. The summed E-state index contributed by atoms with van der Waals surface area (Å²) in [6.07, 6.45) is -3.79. The van der Waals surface area contributed by atoms with Gasteiger partial charge in [0.05, 0.1) is 0 Å². The summed E-state index contributed by atoms with van der Waals surface area (Å²) in [7, 11) is 0. The third-order valence-corrected chi connectivity index (χ3v) is 1.04. The zero-order chi connectivity index (χ0) is 12.8. The summed E-state index contributed by atoms with van der Waals surface area (Å²) in [5, 5.41) is 10.4. The summed E-state index contributed by atoms with van der Waals surface area (Å²) in [5.74, 6) is 1.57. The highest BCUT2D eigenvalue weighted by Crippen LogP contribution is 2.13. The summed E-state index contributed by atoms with van der Waals surface area (Å²) in [6, 6.07) is 1.42. The molecule has 0 spiro atoms. The number of alkyl halides is 3. The molecule has 0 radical (unpaired) electrons. The number of hydrogen-bond donors (Lipinski definition) is 3. The van der Waals surface area contributed by atoms with E-state index in [0.29, 0.717) is 0 Å². The zero-order valence-corrected chi connectivity index (χ0v) is 7.49. The summed E-state index contributed by atoms with van der Waals surface area (Å²) < 4.78 is 36.1. The molecule has 16 heavy (non-hydrogen) atoms. The number of nitrogens with zero attached hydrogens (tertiary/aromatic N) is 1. The van der Waals surface area contributed by atoms with Crippen molar-refractivity contribution in [3.63, 3.8) is 0 Å². The van der Waals surface area contributed by atoms with E-state index < -0.39 is 18.1 Å². The van der Waals surface area contributed by atoms with E-state index in [-0.39, 0.29) is 5.69 Å². The van der Waals surface area contributed by atoms with Crippen molar-refractivity contribution >= 4 is 11.9 Å². The largest absolute Gasteiger partial charge is 0.490 e. The molecule has 0 aromatic carbocycles. The number of carbonyl (C=O) groups excluding carboxylic acids is 1. The molecular weight excluding hydrogens is 235 g/mol. The molecule has 1 heterocycles. The predicted molar refractivity (Wildman–Crippen MR) is 41.8 cm³/mol. The molecule has 0 unspecified atom stereocenters. The topological polar surface area (TPSA) is 118 Å². The van der Waals surface area contributed by atoms with Gasteiger partial charge in [0.15, 0.2) is 5.69 Å². The first-order valence-electron chi connectivity index (χ1n) is 3.50. The molecule has 0 atom stereocenters. The molecule has 0 aliphatic carbocycles. The van der Waals surface area contributed by atoms with Crippen LogP contribution in [0.3, 0.4) is 0 Å². The maximum absolute atomic E-state index is 10.6. The molecule has 0 aliphatic rings. The Labute approximate surface area is 86.0 Å². The van der Waals surface area contributed by atoms with Gasteiger partial charge in [0, 0.05) is 6.07 Å². The Morgan fingerprint density at radius 2 is 2.00 bits per heavy atom. The minimum absolute atomic E-state index is 0.178. The van der Waals surface area contributed by atoms with E-state index in [2.05, 4.69) is 9.68 Å². The van der Waals surface area contributed by atoms with E-state index in [4.69, 9.17) is 15.7 Å². The van der Waals surface area contributed by atoms with Gasteiger partial charge >= 0.3 is 12.1 Å². The van der Waals surface area contributed by atoms with Gasteiger partial charge in [-0.25, -0.2) is 10.6 Å². The van der Waals surface area contributed by atoms with Gasteiger partial charge < -0.3 is 9.63 Å². The average molecular weight is 241 g/mol. The van der Waals surface area contributed by atoms with E-state index in [1.54, 1.807) is 0 Å². The molecule has 0 fully saturated rings. The zero-order valence-electron chi connectivity index (χ0n) is 7.49. The SMILES string of the molecule is NNC(=O)c1ccon1.O=C(O)C(F)(F)F. The number of aliphatic carboxylic acids is 1. The Morgan fingerprint density at radius 1 is 1.50 bits per heavy atom. The van der Waals surface area contributed by atoms with E-state index >= 15 is 0 Å². The van der Waals surface area contributed by atoms with Crippen molar-refractivity contribution in [1.29, 1.82) is 0 Å². The maximum atomic E-state index is 10.6. The van der Waals surface area contributed by atoms with E-state index in [9.17, 15) is 18.0 Å². The standard InChI is InChI=1S/C4H5N3O2.C2HF3O2/c5-6-4(8)3-1-2-9-7-3;3-2(4,5)1(6)7/h1-2H,5H2,(H,6,8);(H,6,7). The van der Waals surface area contributed by atoms with Crippen LogP contribution in [0.4, 0.5) is 13.2 Å². The van der Waals surface area contributed by atoms with Crippen LogP contribution in [0.25, 0.3) is 0 Å². The molecule has 4 N–H and O–H groups in total. The van der Waals surface area contributed by atoms with E-state index in [0.717, 1.165) is 0 Å². The summed E-state index contributed by atoms with van der Waals surface area (Å²) >= 11 is 0. The molecule has 0 bridgehead atoms. The van der Waals surface area contributed by atoms with Crippen LogP contribution < -0.4 is 11.3 Å². The van der Waals surface area contributed by atoms with E-state index in [1.165, 1.54) is 12.3 Å². The quantitative estimate of drug-likeness (QED) is 0.359. The lowest BCUT2D eigenvalue weighted by Gasteiger charge is -1.93. The van der Waals surface area contributed by atoms with Gasteiger partial charge in [-0.2, -0.15) is 13.2 Å². The molecule has 0 saturated heterocycles. The Kier molecular flexibility index (Phi) is 4.95. The number of aromatic nitrogens is 1. The highest BCUT2D eigenvalue weighted by atomic mass is 19.4. The second kappa shape index (κ2) is 5.70. The predicted octanol–water partition coefficient (Wildman–Crippen LogP) is -0.0886. The first-order chi connectivity index (χ1) is 7.29. The van der Waals surface area contributed by atoms with Crippen LogP contribution >= 0.6 is 0 Å². The van der Waals surface area contributed by atoms with Crippen molar-refractivity contribution in [2.45, 2.75) is 6.18 Å². The van der Waals surface area contributed by atoms with Gasteiger partial charge in [0.1, 0.15) is 6.26 Å². The van der Waals surface area contributed by atoms with Crippen molar-refractivity contribution in [3.8, 4) is 0 Å². The summed E-state index contributed by atoms with van der Waals surface area (Å²) in [6.45, 7) is 0. The number of hydrazine groups is 1. The summed E-state index contributed by atoms with van der Waals surface area (Å²) in [4.78, 5) is 19.4. The first kappa shape index (κ1) is 13.9. The van der Waals surface area contributed by atoms with Crippen LogP contribution in [0.1, 0.15) is 10.5 Å². The van der Waals surface area contributed by atoms with Crippen LogP contribution in [0, 0.1) is 0 Å². The van der Waals surface area contributed by atoms with Crippen molar-refractivity contribution in [2.75, 3.05) is 0 Å². The third kappa shape index (κ3) is 4.95. The van der Waals surface area contributed by atoms with Gasteiger partial charge in [0.2, 0.25) is 0 Å². The van der Waals surface area contributed by atoms with Crippen molar-refractivity contribution in [1.82, 2.24) is 10.6 Å². The van der Waals surface area contributed by atoms with Crippen molar-refractivity contribution in [2.24, 2.45) is 5.84 Å². The lowest BCUT2D eigenvalue weighted by atomic mass is 10.4. The fraction of sp³-hybridized carbons (Fsp3) is 0.167. The lowest BCUT2D eigenvalue weighted by Crippen LogP contribution is -2.30. The number of nitrogens with one attached hydrogen (secondary N) is 1. The fourth-order valence-electron chi connectivity index (χ4n) is 0.404. The number of carbonyl (C=O) groups is 2. The Balaban J connectivity index is 0.000000293. The molecule has 10 heteroatoms. The highest BCUT2D eigenvalue weighted by Gasteiger charge is 2.38. The number of amides is 1. The minimum Gasteiger partial charge on any atom is -0.475 e. The van der Waals surface area contributed by atoms with Crippen LogP contribution in [0.2, 0.25) is 0 Å². The molecule has 1 aromatic rings. The van der Waals surface area contributed by atoms with Crippen LogP contribution in [-0.4, -0.2) is 28.3 Å². The van der Waals surface area contributed by atoms with Crippen LogP contribution in [0.5, 0.6) is 0 Å². The van der Waals surface area contributed by atoms with Crippen molar-refractivity contribution in [3.05, 3.63) is 18.0 Å².